The van der Waals surface area contributed by atoms with Gasteiger partial charge in [0.2, 0.25) is 0 Å². The van der Waals surface area contributed by atoms with Crippen molar-refractivity contribution >= 4 is 22.0 Å². The van der Waals surface area contributed by atoms with E-state index < -0.39 is 0 Å². The Bertz CT molecular complexity index is 461. The number of hydrogen-bond acceptors (Lipinski definition) is 1. The van der Waals surface area contributed by atoms with Crippen LogP contribution in [0, 0.1) is 0 Å². The van der Waals surface area contributed by atoms with E-state index in [1.165, 1.54) is 5.56 Å². The highest BCUT2D eigenvalue weighted by molar-refractivity contribution is 9.11. The highest BCUT2D eigenvalue weighted by Gasteiger charge is 2.28. The first kappa shape index (κ1) is 15.1. The van der Waals surface area contributed by atoms with Crippen LogP contribution in [0.2, 0.25) is 0 Å². The maximum Gasteiger partial charge on any atom is 0.317 e. The fourth-order valence-corrected chi connectivity index (χ4v) is 2.79. The van der Waals surface area contributed by atoms with Crippen molar-refractivity contribution in [2.75, 3.05) is 13.1 Å². The molecule has 1 aromatic rings. The molecule has 1 unspecified atom stereocenters. The molecule has 1 N–H and O–H groups in total. The molecule has 1 aliphatic heterocycles. The van der Waals surface area contributed by atoms with Gasteiger partial charge in [-0.05, 0) is 31.2 Å². The predicted molar refractivity (Wildman–Crippen MR) is 86.0 cm³/mol. The number of rotatable bonds is 5. The molecule has 0 radical (unpaired) electrons. The number of aryl methyl sites for hydroxylation is 1. The van der Waals surface area contributed by atoms with Crippen molar-refractivity contribution in [2.45, 2.75) is 31.7 Å². The standard InChI is InChI=1S/C16H21BrN2O/c1-13(17)12-18-16(20)19-11-5-8-15(19)10-9-14-6-3-2-4-7-14/h2-4,6-7,15H,1,5,8-12H2,(H,18,20). The van der Waals surface area contributed by atoms with Crippen molar-refractivity contribution in [3.8, 4) is 0 Å². The fourth-order valence-electron chi connectivity index (χ4n) is 2.65. The zero-order chi connectivity index (χ0) is 14.4. The second kappa shape index (κ2) is 7.48. The number of nitrogens with one attached hydrogen (secondary N) is 1. The quantitative estimate of drug-likeness (QED) is 0.873. The minimum atomic E-state index is 0.0289. The number of likely N-dealkylation sites (tertiary alicyclic amines) is 1. The lowest BCUT2D eigenvalue weighted by Gasteiger charge is -2.25. The van der Waals surface area contributed by atoms with Crippen LogP contribution < -0.4 is 5.32 Å². The van der Waals surface area contributed by atoms with E-state index in [0.717, 1.165) is 36.7 Å². The normalized spacial score (nSPS) is 18.1. The second-order valence-electron chi connectivity index (χ2n) is 5.19. The lowest BCUT2D eigenvalue weighted by atomic mass is 10.0. The molecular formula is C16H21BrN2O. The van der Waals surface area contributed by atoms with Gasteiger partial charge in [-0.2, -0.15) is 0 Å². The van der Waals surface area contributed by atoms with Gasteiger partial charge in [-0.25, -0.2) is 4.79 Å². The average molecular weight is 337 g/mol. The Hall–Kier alpha value is -1.29. The third-order valence-electron chi connectivity index (χ3n) is 3.68. The number of amides is 2. The molecule has 1 heterocycles. The molecule has 3 nitrogen and oxygen atoms in total. The van der Waals surface area contributed by atoms with Gasteiger partial charge in [-0.3, -0.25) is 0 Å². The minimum absolute atomic E-state index is 0.0289. The molecule has 20 heavy (non-hydrogen) atoms. The van der Waals surface area contributed by atoms with Crippen molar-refractivity contribution in [2.24, 2.45) is 0 Å². The van der Waals surface area contributed by atoms with Crippen LogP contribution in [0.4, 0.5) is 4.79 Å². The summed E-state index contributed by atoms with van der Waals surface area (Å²) in [6.45, 7) is 5.08. The minimum Gasteiger partial charge on any atom is -0.333 e. The van der Waals surface area contributed by atoms with Gasteiger partial charge in [0.1, 0.15) is 0 Å². The molecular weight excluding hydrogens is 316 g/mol. The van der Waals surface area contributed by atoms with E-state index in [4.69, 9.17) is 0 Å². The van der Waals surface area contributed by atoms with Gasteiger partial charge >= 0.3 is 6.03 Å². The first-order valence-electron chi connectivity index (χ1n) is 7.08. The van der Waals surface area contributed by atoms with E-state index in [-0.39, 0.29) is 6.03 Å². The molecule has 108 valence electrons. The fraction of sp³-hybridized carbons (Fsp3) is 0.438. The summed E-state index contributed by atoms with van der Waals surface area (Å²) in [7, 11) is 0. The van der Waals surface area contributed by atoms with E-state index in [1.54, 1.807) is 0 Å². The average Bonchev–Trinajstić information content (AvgIpc) is 2.92. The molecule has 1 fully saturated rings. The monoisotopic (exact) mass is 336 g/mol. The summed E-state index contributed by atoms with van der Waals surface area (Å²) in [5, 5.41) is 2.89. The van der Waals surface area contributed by atoms with Crippen LogP contribution >= 0.6 is 15.9 Å². The van der Waals surface area contributed by atoms with Crippen molar-refractivity contribution in [3.05, 3.63) is 47.0 Å². The first-order valence-corrected chi connectivity index (χ1v) is 7.88. The van der Waals surface area contributed by atoms with Crippen LogP contribution in [0.15, 0.2) is 41.4 Å². The summed E-state index contributed by atoms with van der Waals surface area (Å²) >= 11 is 3.26. The molecule has 2 rings (SSSR count). The van der Waals surface area contributed by atoms with Crippen LogP contribution in [0.1, 0.15) is 24.8 Å². The van der Waals surface area contributed by atoms with Crippen LogP contribution in [0.3, 0.4) is 0 Å². The Balaban J connectivity index is 1.84. The zero-order valence-electron chi connectivity index (χ0n) is 11.6. The number of hydrogen-bond donors (Lipinski definition) is 1. The van der Waals surface area contributed by atoms with Gasteiger partial charge < -0.3 is 10.2 Å². The molecule has 0 bridgehead atoms. The molecule has 1 atom stereocenters. The van der Waals surface area contributed by atoms with Gasteiger partial charge in [-0.1, -0.05) is 52.8 Å². The third kappa shape index (κ3) is 4.37. The van der Waals surface area contributed by atoms with E-state index in [1.807, 2.05) is 11.0 Å². The number of nitrogens with zero attached hydrogens (tertiary/aromatic N) is 1. The molecule has 0 spiro atoms. The molecule has 1 aliphatic rings. The molecule has 1 saturated heterocycles. The number of halogens is 1. The zero-order valence-corrected chi connectivity index (χ0v) is 13.2. The third-order valence-corrected chi connectivity index (χ3v) is 3.96. The van der Waals surface area contributed by atoms with Crippen LogP contribution in [0.5, 0.6) is 0 Å². The van der Waals surface area contributed by atoms with Crippen LogP contribution in [0.25, 0.3) is 0 Å². The molecule has 0 aliphatic carbocycles. The van der Waals surface area contributed by atoms with Gasteiger partial charge in [0.15, 0.2) is 0 Å². The van der Waals surface area contributed by atoms with Crippen molar-refractivity contribution < 1.29 is 4.79 Å². The van der Waals surface area contributed by atoms with E-state index in [9.17, 15) is 4.79 Å². The highest BCUT2D eigenvalue weighted by atomic mass is 79.9. The van der Waals surface area contributed by atoms with Gasteiger partial charge in [0.25, 0.3) is 0 Å². The topological polar surface area (TPSA) is 32.3 Å². The summed E-state index contributed by atoms with van der Waals surface area (Å²) in [6, 6.07) is 10.8. The van der Waals surface area contributed by atoms with Crippen LogP contribution in [-0.2, 0) is 6.42 Å². The van der Waals surface area contributed by atoms with Gasteiger partial charge in [0, 0.05) is 17.1 Å². The second-order valence-corrected chi connectivity index (χ2v) is 6.31. The molecule has 0 saturated carbocycles. The SMILES string of the molecule is C=C(Br)CNC(=O)N1CCCC1CCc1ccccc1. The summed E-state index contributed by atoms with van der Waals surface area (Å²) < 4.78 is 0.797. The summed E-state index contributed by atoms with van der Waals surface area (Å²) in [5.74, 6) is 0. The maximum absolute atomic E-state index is 12.1. The maximum atomic E-state index is 12.1. The summed E-state index contributed by atoms with van der Waals surface area (Å²) in [6.07, 6.45) is 4.27. The Kier molecular flexibility index (Phi) is 5.65. The number of carbonyl (C=O) groups is 1. The lowest BCUT2D eigenvalue weighted by molar-refractivity contribution is 0.191. The highest BCUT2D eigenvalue weighted by Crippen LogP contribution is 2.22. The first-order chi connectivity index (χ1) is 9.66. The largest absolute Gasteiger partial charge is 0.333 e. The van der Waals surface area contributed by atoms with Crippen molar-refractivity contribution in [3.63, 3.8) is 0 Å². The molecule has 4 heteroatoms. The van der Waals surface area contributed by atoms with Gasteiger partial charge in [-0.15, -0.1) is 0 Å². The number of carbonyl (C=O) groups excluding carboxylic acids is 1. The van der Waals surface area contributed by atoms with E-state index in [2.05, 4.69) is 52.1 Å². The lowest BCUT2D eigenvalue weighted by Crippen LogP contribution is -2.43. The molecule has 2 amide bonds. The van der Waals surface area contributed by atoms with Crippen molar-refractivity contribution in [1.82, 2.24) is 10.2 Å². The number of benzene rings is 1. The molecule has 1 aromatic carbocycles. The Morgan fingerprint density at radius 1 is 1.40 bits per heavy atom. The molecule has 0 aromatic heterocycles. The smallest absolute Gasteiger partial charge is 0.317 e. The Labute approximate surface area is 129 Å². The van der Waals surface area contributed by atoms with E-state index in [0.29, 0.717) is 12.6 Å². The van der Waals surface area contributed by atoms with Crippen LogP contribution in [-0.4, -0.2) is 30.1 Å². The van der Waals surface area contributed by atoms with Gasteiger partial charge in [0.05, 0.1) is 6.54 Å². The summed E-state index contributed by atoms with van der Waals surface area (Å²) in [4.78, 5) is 14.1. The Morgan fingerprint density at radius 2 is 2.15 bits per heavy atom. The van der Waals surface area contributed by atoms with E-state index >= 15 is 0 Å². The Morgan fingerprint density at radius 3 is 2.85 bits per heavy atom. The predicted octanol–water partition coefficient (Wildman–Crippen LogP) is 3.70. The number of urea groups is 1. The summed E-state index contributed by atoms with van der Waals surface area (Å²) in [5.41, 5.74) is 1.34. The van der Waals surface area contributed by atoms with Crippen molar-refractivity contribution in [1.29, 1.82) is 0 Å².